The number of aromatic nitrogens is 3. The van der Waals surface area contributed by atoms with Crippen molar-refractivity contribution >= 4 is 11.1 Å². The smallest absolute Gasteiger partial charge is 0.277 e. The van der Waals surface area contributed by atoms with E-state index in [0.29, 0.717) is 5.71 Å². The molecule has 2 rings (SSSR count). The predicted octanol–water partition coefficient (Wildman–Crippen LogP) is 0.418. The van der Waals surface area contributed by atoms with E-state index in [0.717, 1.165) is 5.39 Å². The molecule has 4 nitrogen and oxygen atoms in total. The summed E-state index contributed by atoms with van der Waals surface area (Å²) < 4.78 is 4.66. The van der Waals surface area contributed by atoms with Crippen LogP contribution in [0, 0.1) is 6.07 Å². The molecular weight excluding hydrogens is 118 g/mol. The standard InChI is InChI=1S/C5H2N3O/c1-2-6-8-5-4(1)3-7-9-5/h2-3H. The van der Waals surface area contributed by atoms with Crippen molar-refractivity contribution in [3.05, 3.63) is 18.5 Å². The maximum atomic E-state index is 4.66. The first-order valence-electron chi connectivity index (χ1n) is 2.40. The normalized spacial score (nSPS) is 10.2. The summed E-state index contributed by atoms with van der Waals surface area (Å²) in [5, 5.41) is 11.4. The molecule has 0 aliphatic rings. The van der Waals surface area contributed by atoms with Crippen LogP contribution in [0.1, 0.15) is 0 Å². The molecule has 4 heteroatoms. The van der Waals surface area contributed by atoms with E-state index in [1.807, 2.05) is 0 Å². The van der Waals surface area contributed by atoms with Gasteiger partial charge in [0.2, 0.25) is 0 Å². The second-order valence-corrected chi connectivity index (χ2v) is 1.53. The lowest BCUT2D eigenvalue weighted by molar-refractivity contribution is 0.446. The minimum absolute atomic E-state index is 0.428. The van der Waals surface area contributed by atoms with Crippen molar-refractivity contribution in [1.82, 2.24) is 15.4 Å². The molecule has 2 heterocycles. The van der Waals surface area contributed by atoms with E-state index in [-0.39, 0.29) is 0 Å². The van der Waals surface area contributed by atoms with Crippen LogP contribution < -0.4 is 0 Å². The van der Waals surface area contributed by atoms with Gasteiger partial charge in [-0.15, -0.1) is 5.10 Å². The van der Waals surface area contributed by atoms with Crippen molar-refractivity contribution in [1.29, 1.82) is 0 Å². The van der Waals surface area contributed by atoms with Gasteiger partial charge in [-0.2, -0.15) is 5.10 Å². The van der Waals surface area contributed by atoms with E-state index < -0.39 is 0 Å². The molecule has 1 radical (unpaired) electrons. The highest BCUT2D eigenvalue weighted by atomic mass is 16.5. The summed E-state index contributed by atoms with van der Waals surface area (Å²) in [7, 11) is 0. The third-order valence-corrected chi connectivity index (χ3v) is 0.978. The van der Waals surface area contributed by atoms with Gasteiger partial charge in [0, 0.05) is 6.07 Å². The van der Waals surface area contributed by atoms with Gasteiger partial charge in [-0.05, 0) is 0 Å². The van der Waals surface area contributed by atoms with Gasteiger partial charge < -0.3 is 4.52 Å². The molecule has 9 heavy (non-hydrogen) atoms. The van der Waals surface area contributed by atoms with Crippen molar-refractivity contribution in [2.75, 3.05) is 0 Å². The Bertz CT molecular complexity index is 286. The van der Waals surface area contributed by atoms with Gasteiger partial charge >= 0.3 is 0 Å². The Labute approximate surface area is 50.5 Å². The Hall–Kier alpha value is -1.45. The fourth-order valence-electron chi connectivity index (χ4n) is 0.584. The third kappa shape index (κ3) is 0.561. The van der Waals surface area contributed by atoms with E-state index in [4.69, 9.17) is 0 Å². The number of fused-ring (bicyclic) bond motifs is 1. The van der Waals surface area contributed by atoms with Gasteiger partial charge in [-0.3, -0.25) is 0 Å². The summed E-state index contributed by atoms with van der Waals surface area (Å²) in [6.07, 6.45) is 3.02. The molecule has 0 aromatic carbocycles. The van der Waals surface area contributed by atoms with Gasteiger partial charge in [0.05, 0.1) is 17.8 Å². The lowest BCUT2D eigenvalue weighted by Crippen LogP contribution is -1.75. The molecule has 43 valence electrons. The Morgan fingerprint density at radius 2 is 2.56 bits per heavy atom. The summed E-state index contributed by atoms with van der Waals surface area (Å²) in [4.78, 5) is 0. The van der Waals surface area contributed by atoms with Crippen molar-refractivity contribution < 1.29 is 4.52 Å². The molecule has 0 amide bonds. The molecule has 0 saturated carbocycles. The SMILES string of the molecule is [c]1cnnc2oncc12. The van der Waals surface area contributed by atoms with Crippen LogP contribution in [0.25, 0.3) is 11.1 Å². The van der Waals surface area contributed by atoms with Crippen molar-refractivity contribution in [2.45, 2.75) is 0 Å². The summed E-state index contributed by atoms with van der Waals surface area (Å²) >= 11 is 0. The summed E-state index contributed by atoms with van der Waals surface area (Å²) in [6.45, 7) is 0. The molecule has 0 saturated heterocycles. The maximum absolute atomic E-state index is 4.66. The van der Waals surface area contributed by atoms with Crippen LogP contribution >= 0.6 is 0 Å². The van der Waals surface area contributed by atoms with Crippen LogP contribution in [-0.4, -0.2) is 15.4 Å². The molecule has 0 fully saturated rings. The molecule has 0 aliphatic carbocycles. The molecule has 0 unspecified atom stereocenters. The Kier molecular flexibility index (Phi) is 0.745. The van der Waals surface area contributed by atoms with Crippen LogP contribution in [0.2, 0.25) is 0 Å². The van der Waals surface area contributed by atoms with E-state index in [1.165, 1.54) is 6.20 Å². The first kappa shape index (κ1) is 4.43. The molecule has 0 atom stereocenters. The van der Waals surface area contributed by atoms with E-state index in [1.54, 1.807) is 6.20 Å². The molecule has 2 aromatic heterocycles. The summed E-state index contributed by atoms with van der Waals surface area (Å²) in [5.41, 5.74) is 0.428. The highest BCUT2D eigenvalue weighted by Gasteiger charge is 1.95. The van der Waals surface area contributed by atoms with Gasteiger partial charge in [0.1, 0.15) is 0 Å². The quantitative estimate of drug-likeness (QED) is 0.505. The van der Waals surface area contributed by atoms with Gasteiger partial charge in [0.15, 0.2) is 0 Å². The number of hydrogen-bond donors (Lipinski definition) is 0. The second kappa shape index (κ2) is 1.51. The first-order valence-corrected chi connectivity index (χ1v) is 2.40. The van der Waals surface area contributed by atoms with Crippen molar-refractivity contribution in [2.24, 2.45) is 0 Å². The Morgan fingerprint density at radius 1 is 1.56 bits per heavy atom. The summed E-state index contributed by atoms with van der Waals surface area (Å²) in [5.74, 6) is 0. The molecule has 0 spiro atoms. The fraction of sp³-hybridized carbons (Fsp3) is 0. The molecular formula is C5H2N3O. The minimum Gasteiger partial charge on any atom is -0.334 e. The maximum Gasteiger partial charge on any atom is 0.277 e. The van der Waals surface area contributed by atoms with Crippen LogP contribution in [0.4, 0.5) is 0 Å². The zero-order chi connectivity index (χ0) is 6.10. The van der Waals surface area contributed by atoms with Crippen LogP contribution in [0.5, 0.6) is 0 Å². The average molecular weight is 120 g/mol. The number of nitrogens with zero attached hydrogens (tertiary/aromatic N) is 3. The van der Waals surface area contributed by atoms with Crippen molar-refractivity contribution in [3.8, 4) is 0 Å². The van der Waals surface area contributed by atoms with Crippen LogP contribution in [0.15, 0.2) is 16.9 Å². The van der Waals surface area contributed by atoms with Gasteiger partial charge in [-0.25, -0.2) is 0 Å². The monoisotopic (exact) mass is 120 g/mol. The minimum atomic E-state index is 0.428. The lowest BCUT2D eigenvalue weighted by Gasteiger charge is -1.76. The lowest BCUT2D eigenvalue weighted by atomic mass is 10.4. The number of rotatable bonds is 0. The van der Waals surface area contributed by atoms with Gasteiger partial charge in [0.25, 0.3) is 5.71 Å². The zero-order valence-electron chi connectivity index (χ0n) is 4.40. The number of hydrogen-bond acceptors (Lipinski definition) is 4. The van der Waals surface area contributed by atoms with Gasteiger partial charge in [-0.1, -0.05) is 5.16 Å². The highest BCUT2D eigenvalue weighted by molar-refractivity contribution is 5.69. The second-order valence-electron chi connectivity index (χ2n) is 1.53. The largest absolute Gasteiger partial charge is 0.334 e. The molecule has 0 aliphatic heterocycles. The molecule has 0 bridgehead atoms. The van der Waals surface area contributed by atoms with Crippen LogP contribution in [-0.2, 0) is 0 Å². The topological polar surface area (TPSA) is 51.8 Å². The average Bonchev–Trinajstić information content (AvgIpc) is 2.33. The first-order chi connectivity index (χ1) is 4.47. The van der Waals surface area contributed by atoms with E-state index in [9.17, 15) is 0 Å². The van der Waals surface area contributed by atoms with Crippen molar-refractivity contribution in [3.63, 3.8) is 0 Å². The zero-order valence-corrected chi connectivity index (χ0v) is 4.40. The summed E-state index contributed by atoms with van der Waals surface area (Å²) in [6, 6.07) is 2.80. The van der Waals surface area contributed by atoms with E-state index in [2.05, 4.69) is 25.9 Å². The Morgan fingerprint density at radius 3 is 3.44 bits per heavy atom. The predicted molar refractivity (Wildman–Crippen MR) is 28.4 cm³/mol. The molecule has 2 aromatic rings. The highest BCUT2D eigenvalue weighted by Crippen LogP contribution is 2.04. The third-order valence-electron chi connectivity index (χ3n) is 0.978. The Balaban J connectivity index is 2.95. The molecule has 0 N–H and O–H groups in total. The van der Waals surface area contributed by atoms with Crippen LogP contribution in [0.3, 0.4) is 0 Å². The van der Waals surface area contributed by atoms with E-state index >= 15 is 0 Å². The fourth-order valence-corrected chi connectivity index (χ4v) is 0.584.